The molecule has 0 aliphatic heterocycles. The van der Waals surface area contributed by atoms with Gasteiger partial charge in [-0.3, -0.25) is 9.59 Å². The van der Waals surface area contributed by atoms with Crippen molar-refractivity contribution in [1.29, 1.82) is 0 Å². The first kappa shape index (κ1) is 16.6. The van der Waals surface area contributed by atoms with Gasteiger partial charge in [0.05, 0.1) is 0 Å². The molecule has 1 heterocycles. The Morgan fingerprint density at radius 3 is 1.93 bits per heavy atom. The molecule has 0 radical (unpaired) electrons. The van der Waals surface area contributed by atoms with E-state index in [1.165, 1.54) is 0 Å². The molecule has 5 heteroatoms. The molecule has 27 heavy (non-hydrogen) atoms. The summed E-state index contributed by atoms with van der Waals surface area (Å²) in [6.45, 7) is 0. The Hall–Kier alpha value is -3.86. The van der Waals surface area contributed by atoms with Gasteiger partial charge in [-0.15, -0.1) is 0 Å². The second-order valence-electron chi connectivity index (χ2n) is 6.00. The van der Waals surface area contributed by atoms with Crippen LogP contribution in [0.4, 0.5) is 11.4 Å². The van der Waals surface area contributed by atoms with Crippen LogP contribution in [0.15, 0.2) is 89.3 Å². The van der Waals surface area contributed by atoms with Gasteiger partial charge in [-0.05, 0) is 48.5 Å². The average molecular weight is 356 g/mol. The summed E-state index contributed by atoms with van der Waals surface area (Å²) in [4.78, 5) is 24.5. The lowest BCUT2D eigenvalue weighted by molar-refractivity contribution is 0.0996. The summed E-state index contributed by atoms with van der Waals surface area (Å²) in [5.74, 6) is -0.264. The number of fused-ring (bicyclic) bond motifs is 1. The Morgan fingerprint density at radius 2 is 1.26 bits per heavy atom. The topological polar surface area (TPSA) is 71.3 Å². The molecule has 0 aliphatic carbocycles. The van der Waals surface area contributed by atoms with Crippen molar-refractivity contribution in [2.45, 2.75) is 0 Å². The number of anilines is 2. The van der Waals surface area contributed by atoms with Crippen LogP contribution in [0.3, 0.4) is 0 Å². The van der Waals surface area contributed by atoms with Gasteiger partial charge in [0, 0.05) is 22.3 Å². The molecular weight excluding hydrogens is 340 g/mol. The molecule has 4 rings (SSSR count). The second kappa shape index (κ2) is 7.17. The Morgan fingerprint density at radius 1 is 0.667 bits per heavy atom. The van der Waals surface area contributed by atoms with Gasteiger partial charge in [0.2, 0.25) is 0 Å². The summed E-state index contributed by atoms with van der Waals surface area (Å²) in [6, 6.07) is 25.0. The maximum absolute atomic E-state index is 12.4. The van der Waals surface area contributed by atoms with Gasteiger partial charge in [-0.25, -0.2) is 0 Å². The van der Waals surface area contributed by atoms with E-state index in [4.69, 9.17) is 4.42 Å². The maximum atomic E-state index is 12.4. The minimum Gasteiger partial charge on any atom is -0.451 e. The zero-order valence-corrected chi connectivity index (χ0v) is 14.3. The fourth-order valence-electron chi connectivity index (χ4n) is 2.72. The van der Waals surface area contributed by atoms with Crippen LogP contribution in [0.1, 0.15) is 20.9 Å². The summed E-state index contributed by atoms with van der Waals surface area (Å²) < 4.78 is 5.56. The number of hydrogen-bond donors (Lipinski definition) is 2. The van der Waals surface area contributed by atoms with Crippen molar-refractivity contribution in [3.8, 4) is 0 Å². The number of nitrogens with one attached hydrogen (secondary N) is 2. The Balaban J connectivity index is 1.43. The first-order chi connectivity index (χ1) is 13.2. The van der Waals surface area contributed by atoms with Crippen molar-refractivity contribution in [3.63, 3.8) is 0 Å². The lowest BCUT2D eigenvalue weighted by Gasteiger charge is -2.07. The van der Waals surface area contributed by atoms with Crippen molar-refractivity contribution in [2.75, 3.05) is 10.6 Å². The molecule has 0 unspecified atom stereocenters. The molecule has 1 aromatic heterocycles. The van der Waals surface area contributed by atoms with Crippen molar-refractivity contribution in [2.24, 2.45) is 0 Å². The van der Waals surface area contributed by atoms with E-state index in [2.05, 4.69) is 10.6 Å². The van der Waals surface area contributed by atoms with Crippen LogP contribution in [0.2, 0.25) is 0 Å². The van der Waals surface area contributed by atoms with Gasteiger partial charge in [-0.1, -0.05) is 36.4 Å². The van der Waals surface area contributed by atoms with Crippen molar-refractivity contribution in [3.05, 3.63) is 96.3 Å². The maximum Gasteiger partial charge on any atom is 0.291 e. The molecule has 132 valence electrons. The molecular formula is C22H16N2O3. The van der Waals surface area contributed by atoms with E-state index < -0.39 is 0 Å². The quantitative estimate of drug-likeness (QED) is 0.544. The minimum atomic E-state index is -0.327. The first-order valence-corrected chi connectivity index (χ1v) is 8.45. The van der Waals surface area contributed by atoms with E-state index in [0.29, 0.717) is 22.5 Å². The van der Waals surface area contributed by atoms with E-state index >= 15 is 0 Å². The van der Waals surface area contributed by atoms with Crippen molar-refractivity contribution < 1.29 is 14.0 Å². The molecule has 3 aromatic carbocycles. The van der Waals surface area contributed by atoms with Crippen molar-refractivity contribution in [1.82, 2.24) is 0 Å². The lowest BCUT2D eigenvalue weighted by Crippen LogP contribution is -2.12. The summed E-state index contributed by atoms with van der Waals surface area (Å²) in [5, 5.41) is 6.48. The number of carbonyl (C=O) groups excluding carboxylic acids is 2. The van der Waals surface area contributed by atoms with Crippen LogP contribution in [0.5, 0.6) is 0 Å². The highest BCUT2D eigenvalue weighted by atomic mass is 16.3. The van der Waals surface area contributed by atoms with Crippen molar-refractivity contribution >= 4 is 34.2 Å². The van der Waals surface area contributed by atoms with Gasteiger partial charge in [0.15, 0.2) is 5.76 Å². The molecule has 2 amide bonds. The van der Waals surface area contributed by atoms with E-state index in [-0.39, 0.29) is 17.6 Å². The second-order valence-corrected chi connectivity index (χ2v) is 6.00. The van der Waals surface area contributed by atoms with E-state index in [1.54, 1.807) is 42.5 Å². The smallest absolute Gasteiger partial charge is 0.291 e. The van der Waals surface area contributed by atoms with Crippen LogP contribution in [-0.4, -0.2) is 11.8 Å². The lowest BCUT2D eigenvalue weighted by atomic mass is 10.2. The van der Waals surface area contributed by atoms with E-state index in [9.17, 15) is 9.59 Å². The zero-order valence-electron chi connectivity index (χ0n) is 14.3. The SMILES string of the molecule is O=C(Nc1ccc(NC(=O)c2cc3ccccc3o2)cc1)c1ccccc1. The fourth-order valence-corrected chi connectivity index (χ4v) is 2.72. The summed E-state index contributed by atoms with van der Waals surface area (Å²) in [5.41, 5.74) is 2.50. The molecule has 2 N–H and O–H groups in total. The molecule has 5 nitrogen and oxygen atoms in total. The van der Waals surface area contributed by atoms with Crippen LogP contribution in [0.25, 0.3) is 11.0 Å². The number of benzene rings is 3. The molecule has 0 saturated carbocycles. The molecule has 0 spiro atoms. The molecule has 0 aliphatic rings. The van der Waals surface area contributed by atoms with Crippen LogP contribution in [-0.2, 0) is 0 Å². The summed E-state index contributed by atoms with van der Waals surface area (Å²) in [7, 11) is 0. The predicted molar refractivity (Wildman–Crippen MR) is 105 cm³/mol. The molecule has 0 bridgehead atoms. The minimum absolute atomic E-state index is 0.185. The first-order valence-electron chi connectivity index (χ1n) is 8.45. The number of furan rings is 1. The normalized spacial score (nSPS) is 10.5. The molecule has 4 aromatic rings. The van der Waals surface area contributed by atoms with Crippen LogP contribution < -0.4 is 10.6 Å². The van der Waals surface area contributed by atoms with Gasteiger partial charge in [0.1, 0.15) is 5.58 Å². The third-order valence-electron chi connectivity index (χ3n) is 4.09. The number of para-hydroxylation sites is 1. The van der Waals surface area contributed by atoms with Crippen LogP contribution in [0, 0.1) is 0 Å². The standard InChI is InChI=1S/C22H16N2O3/c25-21(15-6-2-1-3-7-15)23-17-10-12-18(13-11-17)24-22(26)20-14-16-8-4-5-9-19(16)27-20/h1-14H,(H,23,25)(H,24,26). The van der Waals surface area contributed by atoms with Gasteiger partial charge >= 0.3 is 0 Å². The Kier molecular flexibility index (Phi) is 4.41. The molecule has 0 fully saturated rings. The van der Waals surface area contributed by atoms with Gasteiger partial charge in [0.25, 0.3) is 11.8 Å². The Labute approximate surface area is 155 Å². The fraction of sp³-hybridized carbons (Fsp3) is 0. The Bertz CT molecular complexity index is 1070. The molecule has 0 atom stereocenters. The third-order valence-corrected chi connectivity index (χ3v) is 4.09. The summed E-state index contributed by atoms with van der Waals surface area (Å²) in [6.07, 6.45) is 0. The zero-order chi connectivity index (χ0) is 18.6. The summed E-state index contributed by atoms with van der Waals surface area (Å²) >= 11 is 0. The monoisotopic (exact) mass is 356 g/mol. The highest BCUT2D eigenvalue weighted by Crippen LogP contribution is 2.20. The van der Waals surface area contributed by atoms with Crippen LogP contribution >= 0.6 is 0 Å². The molecule has 0 saturated heterocycles. The predicted octanol–water partition coefficient (Wildman–Crippen LogP) is 4.94. The van der Waals surface area contributed by atoms with E-state index in [0.717, 1.165) is 5.39 Å². The largest absolute Gasteiger partial charge is 0.451 e. The number of rotatable bonds is 4. The average Bonchev–Trinajstić information content (AvgIpc) is 3.14. The number of amides is 2. The van der Waals surface area contributed by atoms with Gasteiger partial charge in [-0.2, -0.15) is 0 Å². The number of hydrogen-bond acceptors (Lipinski definition) is 3. The van der Waals surface area contributed by atoms with Gasteiger partial charge < -0.3 is 15.1 Å². The number of carbonyl (C=O) groups is 2. The van der Waals surface area contributed by atoms with E-state index in [1.807, 2.05) is 42.5 Å². The third kappa shape index (κ3) is 3.72. The highest BCUT2D eigenvalue weighted by Gasteiger charge is 2.12. The highest BCUT2D eigenvalue weighted by molar-refractivity contribution is 6.06.